The summed E-state index contributed by atoms with van der Waals surface area (Å²) in [6.07, 6.45) is 15.1. The van der Waals surface area contributed by atoms with Crippen LogP contribution in [0.1, 0.15) is 56.9 Å². The number of thioether (sulfide) groups is 2. The summed E-state index contributed by atoms with van der Waals surface area (Å²) in [5, 5.41) is 17.9. The molecule has 2 saturated carbocycles. The number of piperidine rings is 2. The highest BCUT2D eigenvalue weighted by Crippen LogP contribution is 2.54. The van der Waals surface area contributed by atoms with Gasteiger partial charge in [0.2, 0.25) is 0 Å². The Bertz CT molecular complexity index is 2160. The number of carbonyl (C=O) groups excluding carboxylic acids is 2. The maximum Gasteiger partial charge on any atom is 0.488 e. The predicted octanol–water partition coefficient (Wildman–Crippen LogP) is 10.4. The van der Waals surface area contributed by atoms with Crippen LogP contribution in [0.15, 0.2) is 87.8 Å². The Morgan fingerprint density at radius 3 is 1.65 bits per heavy atom. The Labute approximate surface area is 399 Å². The van der Waals surface area contributed by atoms with Crippen LogP contribution < -0.4 is 15.3 Å². The normalized spacial score (nSPS) is 29.2. The standard InChI is InChI=1S/C22H23BrF2N2OS.C11H16BNO2.C11H9BrF2INOS/c23-19-17(14-5-4-6-16(11-14)26-9-2-1-3-10-26)7-8-18-20(19)29-21(28)27(18)13-15-12-22(15,24)25;14-12(15)10-5-4-6-11(9-10)13-7-2-1-3-8-13;12-8-6(15)1-2-7-9(8)18-10(17)16(7)4-5-3-11(5,13)14/h4-8,11,15,19-20H,1-3,9-10,12-13H2;4-6,9,14-15H,1-3,7-8H2;1-2,5,8-9H,3-4H2/t15?,19?,20-;;5?,8?,9-/m0.0/s1. The summed E-state index contributed by atoms with van der Waals surface area (Å²) in [5.74, 6) is -6.55. The fourth-order valence-electron chi connectivity index (χ4n) is 8.66. The molecule has 0 bridgehead atoms. The summed E-state index contributed by atoms with van der Waals surface area (Å²) in [6, 6.07) is 16.1. The van der Waals surface area contributed by atoms with E-state index in [2.05, 4.69) is 88.5 Å². The van der Waals surface area contributed by atoms with E-state index < -0.39 is 30.8 Å². The molecule has 4 aliphatic carbocycles. The Hall–Kier alpha value is -1.97. The molecule has 4 unspecified atom stereocenters. The topological polar surface area (TPSA) is 87.6 Å². The van der Waals surface area contributed by atoms with Gasteiger partial charge in [0.15, 0.2) is 0 Å². The number of fused-ring (bicyclic) bond motifs is 2. The molecule has 2 N–H and O–H groups in total. The molecule has 4 heterocycles. The molecule has 62 heavy (non-hydrogen) atoms. The lowest BCUT2D eigenvalue weighted by Gasteiger charge is -2.30. The fourth-order valence-corrected chi connectivity index (χ4v) is 13.4. The van der Waals surface area contributed by atoms with E-state index in [1.807, 2.05) is 42.5 Å². The molecule has 2 amide bonds. The summed E-state index contributed by atoms with van der Waals surface area (Å²) in [6.45, 7) is 4.60. The van der Waals surface area contributed by atoms with Gasteiger partial charge in [-0.2, -0.15) is 0 Å². The zero-order valence-electron chi connectivity index (χ0n) is 33.8. The van der Waals surface area contributed by atoms with Gasteiger partial charge in [0.05, 0.1) is 20.2 Å². The van der Waals surface area contributed by atoms with Gasteiger partial charge >= 0.3 is 7.12 Å². The number of amides is 2. The molecular weight excluding hydrogens is 1090 g/mol. The second-order valence-electron chi connectivity index (χ2n) is 16.9. The number of allylic oxidation sites excluding steroid dienone is 6. The summed E-state index contributed by atoms with van der Waals surface area (Å²) in [5.41, 5.74) is 6.89. The van der Waals surface area contributed by atoms with E-state index in [4.69, 9.17) is 10.0 Å². The van der Waals surface area contributed by atoms with Crippen LogP contribution in [-0.4, -0.2) is 109 Å². The molecule has 4 aliphatic heterocycles. The van der Waals surface area contributed by atoms with Gasteiger partial charge in [0, 0.05) is 90.3 Å². The minimum atomic E-state index is -2.61. The van der Waals surface area contributed by atoms with Crippen molar-refractivity contribution in [1.29, 1.82) is 0 Å². The van der Waals surface area contributed by atoms with Crippen molar-refractivity contribution in [1.82, 2.24) is 9.80 Å². The Kier molecular flexibility index (Phi) is 14.6. The van der Waals surface area contributed by atoms with Crippen LogP contribution in [0.5, 0.6) is 0 Å². The summed E-state index contributed by atoms with van der Waals surface area (Å²) in [7, 11) is -1.37. The number of hydrogen-bond acceptors (Lipinski definition) is 8. The zero-order chi connectivity index (χ0) is 43.9. The smallest absolute Gasteiger partial charge is 0.423 e. The molecular formula is C44H48BBr2F4IN4O4S2. The first kappa shape index (κ1) is 46.6. The quantitative estimate of drug-likeness (QED) is 0.117. The van der Waals surface area contributed by atoms with Crippen LogP contribution in [0.3, 0.4) is 0 Å². The molecule has 2 aromatic carbocycles. The molecule has 8 nitrogen and oxygen atoms in total. The van der Waals surface area contributed by atoms with Gasteiger partial charge < -0.3 is 29.6 Å². The van der Waals surface area contributed by atoms with Gasteiger partial charge in [-0.3, -0.25) is 9.59 Å². The lowest BCUT2D eigenvalue weighted by atomic mass is 9.80. The number of rotatable bonds is 8. The first-order valence-electron chi connectivity index (χ1n) is 21.2. The highest BCUT2D eigenvalue weighted by atomic mass is 127. The second-order valence-corrected chi connectivity index (χ2v) is 22.3. The largest absolute Gasteiger partial charge is 0.488 e. The molecule has 4 saturated heterocycles. The van der Waals surface area contributed by atoms with Crippen LogP contribution >= 0.6 is 78.0 Å². The third kappa shape index (κ3) is 10.5. The molecule has 18 heteroatoms. The van der Waals surface area contributed by atoms with E-state index in [-0.39, 0.29) is 56.6 Å². The van der Waals surface area contributed by atoms with Crippen LogP contribution in [-0.2, 0) is 0 Å². The highest BCUT2D eigenvalue weighted by molar-refractivity contribution is 14.1. The van der Waals surface area contributed by atoms with Crippen molar-refractivity contribution in [2.75, 3.05) is 49.1 Å². The number of nitrogens with zero attached hydrogens (tertiary/aromatic N) is 4. The molecule has 2 aromatic rings. The summed E-state index contributed by atoms with van der Waals surface area (Å²) < 4.78 is 53.8. The van der Waals surface area contributed by atoms with Crippen molar-refractivity contribution < 1.29 is 37.2 Å². The number of hydrogen-bond donors (Lipinski definition) is 2. The molecule has 8 aliphatic rings. The van der Waals surface area contributed by atoms with Gasteiger partial charge in [-0.15, -0.1) is 0 Å². The third-order valence-electron chi connectivity index (χ3n) is 12.5. The average Bonchev–Trinajstić information content (AvgIpc) is 3.97. The fraction of sp³-hybridized carbons (Fsp3) is 0.500. The monoisotopic (exact) mass is 1130 g/mol. The number of alkyl halides is 6. The van der Waals surface area contributed by atoms with E-state index >= 15 is 0 Å². The molecule has 6 atom stereocenters. The SMILES string of the molecule is O=C1S[C@H]2C(=CC=C(I)C2Br)N1CC1CC1(F)F.O=C1S[C@H]2C(=CC=C(c3cccc(N4CCCCC4)c3)C2Br)N1CC1CC1(F)F.OB(O)c1cccc(N2CCCCC2)c1. The Morgan fingerprint density at radius 1 is 0.677 bits per heavy atom. The summed E-state index contributed by atoms with van der Waals surface area (Å²) >= 11 is 12.0. The van der Waals surface area contributed by atoms with Crippen LogP contribution in [0, 0.1) is 11.8 Å². The van der Waals surface area contributed by atoms with Crippen molar-refractivity contribution in [2.45, 2.75) is 83.4 Å². The van der Waals surface area contributed by atoms with E-state index in [9.17, 15) is 27.2 Å². The van der Waals surface area contributed by atoms with Gasteiger partial charge in [-0.1, -0.05) is 85.7 Å². The first-order valence-corrected chi connectivity index (χ1v) is 25.8. The van der Waals surface area contributed by atoms with Crippen LogP contribution in [0.25, 0.3) is 5.57 Å². The highest BCUT2D eigenvalue weighted by Gasteiger charge is 2.60. The molecule has 0 aromatic heterocycles. The Balaban J connectivity index is 0.000000138. The number of anilines is 2. The van der Waals surface area contributed by atoms with Crippen LogP contribution in [0.2, 0.25) is 0 Å². The molecule has 6 fully saturated rings. The van der Waals surface area contributed by atoms with Crippen LogP contribution in [0.4, 0.5) is 38.5 Å². The molecule has 332 valence electrons. The van der Waals surface area contributed by atoms with Crippen molar-refractivity contribution in [2.24, 2.45) is 11.8 Å². The molecule has 0 spiro atoms. The molecule has 10 rings (SSSR count). The van der Waals surface area contributed by atoms with E-state index in [0.29, 0.717) is 5.46 Å². The minimum absolute atomic E-state index is 0.0155. The predicted molar refractivity (Wildman–Crippen MR) is 260 cm³/mol. The van der Waals surface area contributed by atoms with Gasteiger partial charge in [-0.25, -0.2) is 17.6 Å². The minimum Gasteiger partial charge on any atom is -0.423 e. The maximum absolute atomic E-state index is 13.4. The first-order chi connectivity index (χ1) is 29.6. The number of carbonyl (C=O) groups is 2. The van der Waals surface area contributed by atoms with E-state index in [1.54, 1.807) is 11.0 Å². The molecule has 0 radical (unpaired) electrons. The maximum atomic E-state index is 13.4. The summed E-state index contributed by atoms with van der Waals surface area (Å²) in [4.78, 5) is 32.3. The third-order valence-corrected chi connectivity index (χ3v) is 19.6. The lowest BCUT2D eigenvalue weighted by molar-refractivity contribution is 0.0932. The van der Waals surface area contributed by atoms with Crippen molar-refractivity contribution in [3.8, 4) is 0 Å². The van der Waals surface area contributed by atoms with Gasteiger partial charge in [0.25, 0.3) is 22.3 Å². The van der Waals surface area contributed by atoms with E-state index in [0.717, 1.165) is 58.0 Å². The van der Waals surface area contributed by atoms with Gasteiger partial charge in [-0.05, 0) is 120 Å². The second kappa shape index (κ2) is 19.5. The lowest BCUT2D eigenvalue weighted by Crippen LogP contribution is -2.33. The van der Waals surface area contributed by atoms with Crippen molar-refractivity contribution >= 4 is 118 Å². The number of halogens is 7. The van der Waals surface area contributed by atoms with E-state index in [1.165, 1.54) is 72.6 Å². The zero-order valence-corrected chi connectivity index (χ0v) is 40.8. The average molecular weight is 1130 g/mol. The Morgan fingerprint density at radius 2 is 1.15 bits per heavy atom. The van der Waals surface area contributed by atoms with Crippen molar-refractivity contribution in [3.05, 3.63) is 93.4 Å². The van der Waals surface area contributed by atoms with Gasteiger partial charge in [0.1, 0.15) is 0 Å². The number of benzene rings is 2. The van der Waals surface area contributed by atoms with Crippen molar-refractivity contribution in [3.63, 3.8) is 0 Å².